The third kappa shape index (κ3) is 4.93. The van der Waals surface area contributed by atoms with Crippen molar-refractivity contribution in [2.75, 3.05) is 11.8 Å². The molecular weight excluding hydrogens is 488 g/mol. The Bertz CT molecular complexity index is 1260. The van der Waals surface area contributed by atoms with E-state index in [1.54, 1.807) is 0 Å². The molecule has 0 amide bonds. The molecule has 0 aliphatic carbocycles. The average Bonchev–Trinajstić information content (AvgIpc) is 3.16. The summed E-state index contributed by atoms with van der Waals surface area (Å²) in [7, 11) is -3.41. The second-order valence-electron chi connectivity index (χ2n) is 6.30. The van der Waals surface area contributed by atoms with Crippen LogP contribution >= 0.6 is 11.6 Å². The first kappa shape index (κ1) is 23.7. The second-order valence-corrected chi connectivity index (χ2v) is 8.33. The molecular formula is C18H12ClF6N3O3S. The molecule has 172 valence electrons. The summed E-state index contributed by atoms with van der Waals surface area (Å²) in [4.78, 5) is 3.59. The van der Waals surface area contributed by atoms with Crippen molar-refractivity contribution in [3.63, 3.8) is 0 Å². The van der Waals surface area contributed by atoms with Crippen molar-refractivity contribution in [3.05, 3.63) is 64.9 Å². The molecule has 0 aliphatic heterocycles. The van der Waals surface area contributed by atoms with Crippen molar-refractivity contribution in [2.24, 2.45) is 0 Å². The van der Waals surface area contributed by atoms with Gasteiger partial charge in [-0.05, 0) is 30.3 Å². The number of sulfonamides is 1. The normalized spacial score (nSPS) is 12.6. The molecule has 0 spiro atoms. The summed E-state index contributed by atoms with van der Waals surface area (Å²) in [5.41, 5.74) is -2.75. The standard InChI is InChI=1S/C18H12ClF6N3O3S/c1-31-13-6-10(17(20,21)22)5-12(8-13)27-32(29,30)15-3-2-4-28(15)16-14(19)7-11(9-26-16)18(23,24)25/h2-9,27H,1H3. The van der Waals surface area contributed by atoms with Gasteiger partial charge in [-0.3, -0.25) is 9.29 Å². The van der Waals surface area contributed by atoms with Gasteiger partial charge in [-0.1, -0.05) is 11.6 Å². The van der Waals surface area contributed by atoms with Crippen LogP contribution in [0.25, 0.3) is 5.82 Å². The van der Waals surface area contributed by atoms with Gasteiger partial charge >= 0.3 is 12.4 Å². The molecule has 1 N–H and O–H groups in total. The molecule has 1 aromatic carbocycles. The molecule has 0 fully saturated rings. The third-order valence-electron chi connectivity index (χ3n) is 4.09. The fraction of sp³-hybridized carbons (Fsp3) is 0.167. The number of hydrogen-bond donors (Lipinski definition) is 1. The minimum atomic E-state index is -4.77. The Morgan fingerprint density at radius 1 is 1.03 bits per heavy atom. The lowest BCUT2D eigenvalue weighted by Gasteiger charge is -2.15. The number of hydrogen-bond acceptors (Lipinski definition) is 4. The summed E-state index contributed by atoms with van der Waals surface area (Å²) in [6.07, 6.45) is -7.84. The molecule has 14 heteroatoms. The molecule has 0 atom stereocenters. The van der Waals surface area contributed by atoms with E-state index in [9.17, 15) is 34.8 Å². The van der Waals surface area contributed by atoms with Crippen molar-refractivity contribution >= 4 is 27.3 Å². The van der Waals surface area contributed by atoms with Crippen LogP contribution in [0.15, 0.2) is 53.8 Å². The number of halogens is 7. The van der Waals surface area contributed by atoms with Crippen molar-refractivity contribution in [2.45, 2.75) is 17.4 Å². The van der Waals surface area contributed by atoms with Crippen LogP contribution in [0.4, 0.5) is 32.0 Å². The van der Waals surface area contributed by atoms with Crippen LogP contribution in [0.3, 0.4) is 0 Å². The Hall–Kier alpha value is -2.93. The molecule has 3 rings (SSSR count). The van der Waals surface area contributed by atoms with Gasteiger partial charge in [-0.2, -0.15) is 34.8 Å². The zero-order valence-electron chi connectivity index (χ0n) is 15.8. The Balaban J connectivity index is 2.02. The number of aromatic nitrogens is 2. The summed E-state index contributed by atoms with van der Waals surface area (Å²) in [6, 6.07) is 5.18. The molecule has 3 aromatic rings. The van der Waals surface area contributed by atoms with Gasteiger partial charge in [-0.25, -0.2) is 4.98 Å². The van der Waals surface area contributed by atoms with Crippen molar-refractivity contribution < 1.29 is 39.5 Å². The highest BCUT2D eigenvalue weighted by Crippen LogP contribution is 2.35. The summed E-state index contributed by atoms with van der Waals surface area (Å²) in [5.74, 6) is -0.577. The van der Waals surface area contributed by atoms with E-state index in [-0.39, 0.29) is 11.6 Å². The second kappa shape index (κ2) is 8.20. The van der Waals surface area contributed by atoms with Crippen molar-refractivity contribution in [1.29, 1.82) is 0 Å². The highest BCUT2D eigenvalue weighted by atomic mass is 35.5. The fourth-order valence-electron chi connectivity index (χ4n) is 2.67. The Morgan fingerprint density at radius 2 is 1.69 bits per heavy atom. The van der Waals surface area contributed by atoms with Crippen LogP contribution in [-0.4, -0.2) is 25.1 Å². The van der Waals surface area contributed by atoms with Gasteiger partial charge in [0.1, 0.15) is 5.75 Å². The summed E-state index contributed by atoms with van der Waals surface area (Å²) in [6.45, 7) is 0. The maximum atomic E-state index is 13.1. The molecule has 6 nitrogen and oxygen atoms in total. The topological polar surface area (TPSA) is 73.2 Å². The molecule has 2 heterocycles. The Kier molecular flexibility index (Phi) is 6.08. The molecule has 32 heavy (non-hydrogen) atoms. The number of methoxy groups -OCH3 is 1. The molecule has 0 bridgehead atoms. The van der Waals surface area contributed by atoms with E-state index in [2.05, 4.69) is 4.98 Å². The van der Waals surface area contributed by atoms with Crippen LogP contribution in [0.1, 0.15) is 11.1 Å². The third-order valence-corrected chi connectivity index (χ3v) is 5.75. The number of nitrogens with zero attached hydrogens (tertiary/aromatic N) is 2. The molecule has 0 aliphatic rings. The van der Waals surface area contributed by atoms with Crippen molar-refractivity contribution in [3.8, 4) is 11.6 Å². The minimum absolute atomic E-state index is 0.250. The lowest BCUT2D eigenvalue weighted by Crippen LogP contribution is -2.18. The van der Waals surface area contributed by atoms with Crippen LogP contribution in [0.2, 0.25) is 5.02 Å². The van der Waals surface area contributed by atoms with Crippen molar-refractivity contribution in [1.82, 2.24) is 9.55 Å². The number of anilines is 1. The number of nitrogens with one attached hydrogen (secondary N) is 1. The maximum absolute atomic E-state index is 13.1. The molecule has 0 saturated carbocycles. The summed E-state index contributed by atoms with van der Waals surface area (Å²) >= 11 is 5.88. The van der Waals surface area contributed by atoms with Crippen LogP contribution in [0.5, 0.6) is 5.75 Å². The first-order valence-electron chi connectivity index (χ1n) is 8.42. The smallest absolute Gasteiger partial charge is 0.417 e. The quantitative estimate of drug-likeness (QED) is 0.479. The van der Waals surface area contributed by atoms with Gasteiger partial charge < -0.3 is 4.74 Å². The lowest BCUT2D eigenvalue weighted by atomic mass is 10.2. The predicted octanol–water partition coefficient (Wildman–Crippen LogP) is 5.37. The van der Waals surface area contributed by atoms with Gasteiger partial charge in [-0.15, -0.1) is 0 Å². The molecule has 0 saturated heterocycles. The maximum Gasteiger partial charge on any atom is 0.417 e. The molecule has 0 unspecified atom stereocenters. The lowest BCUT2D eigenvalue weighted by molar-refractivity contribution is -0.138. The van der Waals surface area contributed by atoms with Crippen LogP contribution < -0.4 is 9.46 Å². The first-order valence-corrected chi connectivity index (χ1v) is 10.3. The summed E-state index contributed by atoms with van der Waals surface area (Å²) < 4.78 is 111. The van der Waals surface area contributed by atoms with Gasteiger partial charge in [0.15, 0.2) is 10.8 Å². The van der Waals surface area contributed by atoms with Crippen LogP contribution in [0, 0.1) is 0 Å². The largest absolute Gasteiger partial charge is 0.497 e. The summed E-state index contributed by atoms with van der Waals surface area (Å²) in [5, 5.41) is -1.02. The van der Waals surface area contributed by atoms with E-state index < -0.39 is 49.2 Å². The predicted molar refractivity (Wildman–Crippen MR) is 102 cm³/mol. The monoisotopic (exact) mass is 499 g/mol. The Labute approximate surface area is 182 Å². The van der Waals surface area contributed by atoms with Crippen LogP contribution in [-0.2, 0) is 22.4 Å². The van der Waals surface area contributed by atoms with Gasteiger partial charge in [0, 0.05) is 18.5 Å². The molecule has 0 radical (unpaired) electrons. The first-order chi connectivity index (χ1) is 14.7. The van der Waals surface area contributed by atoms with Gasteiger partial charge in [0.25, 0.3) is 10.0 Å². The van der Waals surface area contributed by atoms with E-state index in [0.29, 0.717) is 24.4 Å². The Morgan fingerprint density at radius 3 is 2.25 bits per heavy atom. The number of ether oxygens (including phenoxy) is 1. The number of pyridine rings is 1. The van der Waals surface area contributed by atoms with E-state index >= 15 is 0 Å². The SMILES string of the molecule is COc1cc(NS(=O)(=O)c2cccn2-c2ncc(C(F)(F)F)cc2Cl)cc(C(F)(F)F)c1. The highest BCUT2D eigenvalue weighted by molar-refractivity contribution is 7.92. The molecule has 2 aromatic heterocycles. The number of alkyl halides is 6. The van der Waals surface area contributed by atoms with E-state index in [0.717, 1.165) is 23.8 Å². The van der Waals surface area contributed by atoms with Gasteiger partial charge in [0.05, 0.1) is 28.9 Å². The van der Waals surface area contributed by atoms with E-state index in [4.69, 9.17) is 16.3 Å². The van der Waals surface area contributed by atoms with E-state index in [1.807, 2.05) is 4.72 Å². The zero-order valence-corrected chi connectivity index (χ0v) is 17.4. The number of benzene rings is 1. The number of rotatable bonds is 5. The fourth-order valence-corrected chi connectivity index (χ4v) is 4.12. The van der Waals surface area contributed by atoms with E-state index in [1.165, 1.54) is 12.3 Å². The average molecular weight is 500 g/mol. The zero-order chi connectivity index (χ0) is 23.9. The van der Waals surface area contributed by atoms with Gasteiger partial charge in [0.2, 0.25) is 0 Å². The highest BCUT2D eigenvalue weighted by Gasteiger charge is 2.33. The minimum Gasteiger partial charge on any atom is -0.497 e.